The number of benzene rings is 2. The number of likely N-dealkylation sites (N-methyl/N-ethyl adjacent to an activating group) is 1. The van der Waals surface area contributed by atoms with Crippen LogP contribution in [0.15, 0.2) is 54.6 Å². The zero-order chi connectivity index (χ0) is 21.1. The number of carbonyl (C=O) groups excluding carboxylic acids is 2. The molecule has 0 aliphatic carbocycles. The molecule has 7 heteroatoms. The molecular weight excluding hydrogens is 397 g/mol. The molecule has 1 aliphatic rings. The second kappa shape index (κ2) is 12.3. The molecule has 0 unspecified atom stereocenters. The van der Waals surface area contributed by atoms with E-state index in [4.69, 9.17) is 23.2 Å². The molecular formula is C21H27Cl2N3O2. The number of hydrogen-bond acceptors (Lipinski definition) is 2. The van der Waals surface area contributed by atoms with E-state index in [1.165, 1.54) is 0 Å². The average molecular weight is 424 g/mol. The molecule has 0 radical (unpaired) electrons. The quantitative estimate of drug-likeness (QED) is 0.761. The first-order valence-corrected chi connectivity index (χ1v) is 9.86. The molecule has 28 heavy (non-hydrogen) atoms. The van der Waals surface area contributed by atoms with Crippen LogP contribution < -0.4 is 5.32 Å². The van der Waals surface area contributed by atoms with Crippen LogP contribution in [-0.2, 0) is 11.2 Å². The van der Waals surface area contributed by atoms with Crippen molar-refractivity contribution in [3.8, 4) is 0 Å². The van der Waals surface area contributed by atoms with E-state index in [0.717, 1.165) is 5.56 Å². The minimum atomic E-state index is -0.405. The van der Waals surface area contributed by atoms with Crippen LogP contribution >= 0.6 is 23.2 Å². The molecule has 5 nitrogen and oxygen atoms in total. The Morgan fingerprint density at radius 3 is 2.11 bits per heavy atom. The Morgan fingerprint density at radius 2 is 1.64 bits per heavy atom. The number of urea groups is 1. The molecule has 2 aromatic rings. The van der Waals surface area contributed by atoms with Gasteiger partial charge < -0.3 is 10.2 Å². The van der Waals surface area contributed by atoms with E-state index in [9.17, 15) is 9.59 Å². The van der Waals surface area contributed by atoms with Gasteiger partial charge in [-0.25, -0.2) is 4.79 Å². The van der Waals surface area contributed by atoms with Crippen molar-refractivity contribution in [3.05, 3.63) is 70.2 Å². The third kappa shape index (κ3) is 7.06. The molecule has 0 spiro atoms. The zero-order valence-electron chi connectivity index (χ0n) is 16.7. The van der Waals surface area contributed by atoms with Gasteiger partial charge in [0.1, 0.15) is 6.04 Å². The van der Waals surface area contributed by atoms with Gasteiger partial charge in [-0.1, -0.05) is 73.4 Å². The first-order chi connectivity index (χ1) is 13.4. The lowest BCUT2D eigenvalue weighted by Crippen LogP contribution is -2.44. The van der Waals surface area contributed by atoms with E-state index in [2.05, 4.69) is 5.32 Å². The predicted octanol–water partition coefficient (Wildman–Crippen LogP) is 4.69. The Morgan fingerprint density at radius 1 is 1.07 bits per heavy atom. The Kier molecular flexibility index (Phi) is 10.4. The lowest BCUT2D eigenvalue weighted by Gasteiger charge is -2.21. The van der Waals surface area contributed by atoms with Crippen molar-refractivity contribution < 1.29 is 9.59 Å². The fourth-order valence-electron chi connectivity index (χ4n) is 2.63. The number of carbonyl (C=O) groups is 2. The number of nitrogens with zero attached hydrogens (tertiary/aromatic N) is 2. The Bertz CT molecular complexity index is 739. The topological polar surface area (TPSA) is 52.7 Å². The predicted molar refractivity (Wildman–Crippen MR) is 116 cm³/mol. The summed E-state index contributed by atoms with van der Waals surface area (Å²) in [6, 6.07) is 16.2. The van der Waals surface area contributed by atoms with Crippen LogP contribution in [0, 0.1) is 0 Å². The smallest absolute Gasteiger partial charge is 0.319 e. The maximum atomic E-state index is 12.0. The monoisotopic (exact) mass is 423 g/mol. The van der Waals surface area contributed by atoms with Crippen LogP contribution in [0.4, 0.5) is 4.79 Å². The highest BCUT2D eigenvalue weighted by atomic mass is 35.5. The van der Waals surface area contributed by atoms with Crippen molar-refractivity contribution in [1.82, 2.24) is 15.1 Å². The molecule has 1 fully saturated rings. The van der Waals surface area contributed by atoms with E-state index < -0.39 is 6.04 Å². The van der Waals surface area contributed by atoms with E-state index in [-0.39, 0.29) is 11.9 Å². The van der Waals surface area contributed by atoms with Gasteiger partial charge in [0, 0.05) is 30.6 Å². The largest absolute Gasteiger partial charge is 0.341 e. The maximum Gasteiger partial charge on any atom is 0.319 e. The molecule has 0 bridgehead atoms. The number of halogens is 2. The molecule has 1 saturated heterocycles. The molecule has 1 heterocycles. The summed E-state index contributed by atoms with van der Waals surface area (Å²) in [7, 11) is 3.29. The Hall–Kier alpha value is -2.24. The van der Waals surface area contributed by atoms with Gasteiger partial charge in [0.25, 0.3) is 0 Å². The highest BCUT2D eigenvalue weighted by Crippen LogP contribution is 2.18. The van der Waals surface area contributed by atoms with E-state index in [0.29, 0.717) is 23.1 Å². The molecule has 152 valence electrons. The average Bonchev–Trinajstić information content (AvgIpc) is 2.98. The summed E-state index contributed by atoms with van der Waals surface area (Å²) in [5.41, 5.74) is 1.06. The Labute approximate surface area is 177 Å². The number of rotatable bonds is 2. The number of hydrogen-bond donors (Lipinski definition) is 1. The van der Waals surface area contributed by atoms with Gasteiger partial charge in [-0.3, -0.25) is 9.69 Å². The summed E-state index contributed by atoms with van der Waals surface area (Å²) in [6.45, 7) is 4.34. The summed E-state index contributed by atoms with van der Waals surface area (Å²) >= 11 is 11.1. The summed E-state index contributed by atoms with van der Waals surface area (Å²) in [5.74, 6) is -0.0116. The molecule has 3 rings (SSSR count). The second-order valence-electron chi connectivity index (χ2n) is 5.85. The summed E-state index contributed by atoms with van der Waals surface area (Å²) < 4.78 is 0. The number of nitrogens with one attached hydrogen (secondary N) is 1. The first kappa shape index (κ1) is 23.8. The number of amides is 3. The first-order valence-electron chi connectivity index (χ1n) is 9.10. The van der Waals surface area contributed by atoms with Crippen LogP contribution in [0.3, 0.4) is 0 Å². The molecule has 3 amide bonds. The van der Waals surface area contributed by atoms with E-state index >= 15 is 0 Å². The van der Waals surface area contributed by atoms with Gasteiger partial charge in [-0.15, -0.1) is 0 Å². The minimum Gasteiger partial charge on any atom is -0.341 e. The van der Waals surface area contributed by atoms with Gasteiger partial charge in [0.15, 0.2) is 0 Å². The lowest BCUT2D eigenvalue weighted by molar-refractivity contribution is -0.128. The molecule has 2 aromatic carbocycles. The van der Waals surface area contributed by atoms with Crippen LogP contribution in [0.1, 0.15) is 19.4 Å². The van der Waals surface area contributed by atoms with E-state index in [1.807, 2.05) is 50.2 Å². The SMILES string of the molecule is CC.CNC(=O)N1CN(C)C(=O)[C@@H]1Cc1ccccc1.Clc1cccc(Cl)c1. The zero-order valence-corrected chi connectivity index (χ0v) is 18.2. The van der Waals surface area contributed by atoms with Crippen LogP contribution in [0.2, 0.25) is 10.0 Å². The van der Waals surface area contributed by atoms with Crippen molar-refractivity contribution in [2.45, 2.75) is 26.3 Å². The molecule has 1 atom stereocenters. The normalized spacial score (nSPS) is 15.2. The Balaban J connectivity index is 0.000000327. The third-order valence-electron chi connectivity index (χ3n) is 3.94. The molecule has 0 aromatic heterocycles. The second-order valence-corrected chi connectivity index (χ2v) is 6.72. The molecule has 0 saturated carbocycles. The summed E-state index contributed by atoms with van der Waals surface area (Å²) in [6.07, 6.45) is 0.553. The van der Waals surface area contributed by atoms with Crippen molar-refractivity contribution >= 4 is 35.1 Å². The van der Waals surface area contributed by atoms with Crippen LogP contribution in [-0.4, -0.2) is 48.5 Å². The van der Waals surface area contributed by atoms with Crippen molar-refractivity contribution in [2.75, 3.05) is 20.8 Å². The van der Waals surface area contributed by atoms with Crippen LogP contribution in [0.5, 0.6) is 0 Å². The molecule has 1 N–H and O–H groups in total. The highest BCUT2D eigenvalue weighted by molar-refractivity contribution is 6.34. The molecule has 1 aliphatic heterocycles. The van der Waals surface area contributed by atoms with Crippen molar-refractivity contribution in [2.24, 2.45) is 0 Å². The fourth-order valence-corrected chi connectivity index (χ4v) is 3.07. The summed E-state index contributed by atoms with van der Waals surface area (Å²) in [5, 5.41) is 3.93. The lowest BCUT2D eigenvalue weighted by atomic mass is 10.1. The van der Waals surface area contributed by atoms with Gasteiger partial charge in [0.05, 0.1) is 6.67 Å². The van der Waals surface area contributed by atoms with Gasteiger partial charge in [-0.05, 0) is 23.8 Å². The van der Waals surface area contributed by atoms with Gasteiger partial charge in [-0.2, -0.15) is 0 Å². The van der Waals surface area contributed by atoms with Crippen molar-refractivity contribution in [1.29, 1.82) is 0 Å². The highest BCUT2D eigenvalue weighted by Gasteiger charge is 2.38. The third-order valence-corrected chi connectivity index (χ3v) is 4.41. The minimum absolute atomic E-state index is 0.0116. The maximum absolute atomic E-state index is 12.0. The van der Waals surface area contributed by atoms with Crippen LogP contribution in [0.25, 0.3) is 0 Å². The van der Waals surface area contributed by atoms with E-state index in [1.54, 1.807) is 42.1 Å². The van der Waals surface area contributed by atoms with Crippen molar-refractivity contribution in [3.63, 3.8) is 0 Å². The fraction of sp³-hybridized carbons (Fsp3) is 0.333. The summed E-state index contributed by atoms with van der Waals surface area (Å²) in [4.78, 5) is 26.9. The standard InChI is InChI=1S/C13H17N3O2.C6H4Cl2.C2H6/c1-14-13(18)16-9-15(2)12(17)11(16)8-10-6-4-3-5-7-10;7-5-2-1-3-6(8)4-5;1-2/h3-7,11H,8-9H2,1-2H3,(H,14,18);1-4H;1-2H3/t11-;;/m0../s1. The van der Waals surface area contributed by atoms with Gasteiger partial charge >= 0.3 is 6.03 Å². The van der Waals surface area contributed by atoms with Gasteiger partial charge in [0.2, 0.25) is 5.91 Å².